The molecule has 3 rings (SSSR count). The number of aryl methyl sites for hydroxylation is 1. The van der Waals surface area contributed by atoms with E-state index in [1.165, 1.54) is 11.3 Å². The smallest absolute Gasteiger partial charge is 0.331 e. The minimum atomic E-state index is -0.803. The molecule has 30 heavy (non-hydrogen) atoms. The van der Waals surface area contributed by atoms with E-state index in [0.29, 0.717) is 12.3 Å². The van der Waals surface area contributed by atoms with E-state index >= 15 is 0 Å². The number of rotatable bonds is 9. The van der Waals surface area contributed by atoms with Gasteiger partial charge in [0.15, 0.2) is 6.04 Å². The molecule has 7 heteroatoms. The maximum absolute atomic E-state index is 12.8. The van der Waals surface area contributed by atoms with E-state index in [1.54, 1.807) is 6.92 Å². The molecule has 1 aliphatic carbocycles. The average molecular weight is 431 g/mol. The second kappa shape index (κ2) is 10.2. The van der Waals surface area contributed by atoms with Crippen LogP contribution < -0.4 is 5.32 Å². The Morgan fingerprint density at radius 2 is 2.00 bits per heavy atom. The standard InChI is InChI=1S/C23H30N2O4S/c1-4-28-22(27)20(23(29-5-2)11-6-7-12-23)25-19(26)14-18-15-30-21(24-18)17-10-8-9-16(3)13-17/h8-10,13,15,20H,4-7,11-12,14H2,1-3H3,(H,25,26)/t20-/m1/s1. The third kappa shape index (κ3) is 5.26. The summed E-state index contributed by atoms with van der Waals surface area (Å²) in [7, 11) is 0. The van der Waals surface area contributed by atoms with Gasteiger partial charge in [-0.05, 0) is 39.7 Å². The molecule has 0 unspecified atom stereocenters. The van der Waals surface area contributed by atoms with E-state index in [0.717, 1.165) is 41.8 Å². The van der Waals surface area contributed by atoms with Gasteiger partial charge >= 0.3 is 5.97 Å². The first kappa shape index (κ1) is 22.4. The van der Waals surface area contributed by atoms with Gasteiger partial charge in [0.2, 0.25) is 5.91 Å². The van der Waals surface area contributed by atoms with Gasteiger partial charge in [0.25, 0.3) is 0 Å². The zero-order chi connectivity index (χ0) is 21.6. The molecule has 1 fully saturated rings. The first-order valence-corrected chi connectivity index (χ1v) is 11.5. The molecule has 0 aliphatic heterocycles. The highest BCUT2D eigenvalue weighted by atomic mass is 32.1. The molecule has 1 N–H and O–H groups in total. The van der Waals surface area contributed by atoms with Crippen LogP contribution in [0.2, 0.25) is 0 Å². The third-order valence-corrected chi connectivity index (χ3v) is 6.33. The number of nitrogens with one attached hydrogen (secondary N) is 1. The molecular weight excluding hydrogens is 400 g/mol. The highest BCUT2D eigenvalue weighted by Crippen LogP contribution is 2.37. The van der Waals surface area contributed by atoms with Crippen LogP contribution in [0.3, 0.4) is 0 Å². The zero-order valence-electron chi connectivity index (χ0n) is 17.9. The molecular formula is C23H30N2O4S. The van der Waals surface area contributed by atoms with E-state index in [-0.39, 0.29) is 18.9 Å². The Morgan fingerprint density at radius 1 is 1.23 bits per heavy atom. The number of esters is 1. The molecule has 0 radical (unpaired) electrons. The number of amides is 1. The highest BCUT2D eigenvalue weighted by molar-refractivity contribution is 7.13. The molecule has 1 heterocycles. The van der Waals surface area contributed by atoms with Gasteiger partial charge in [0.1, 0.15) is 5.01 Å². The molecule has 1 saturated carbocycles. The van der Waals surface area contributed by atoms with E-state index in [2.05, 4.69) is 16.4 Å². The van der Waals surface area contributed by atoms with Gasteiger partial charge in [-0.15, -0.1) is 11.3 Å². The second-order valence-electron chi connectivity index (χ2n) is 7.65. The first-order valence-electron chi connectivity index (χ1n) is 10.6. The molecule has 1 aromatic heterocycles. The number of hydrogen-bond acceptors (Lipinski definition) is 6. The summed E-state index contributed by atoms with van der Waals surface area (Å²) < 4.78 is 11.3. The van der Waals surface area contributed by atoms with Crippen LogP contribution in [0.25, 0.3) is 10.6 Å². The normalized spacial score (nSPS) is 16.2. The summed E-state index contributed by atoms with van der Waals surface area (Å²) in [5.41, 5.74) is 2.20. The summed E-state index contributed by atoms with van der Waals surface area (Å²) in [6, 6.07) is 7.32. The molecule has 0 spiro atoms. The lowest BCUT2D eigenvalue weighted by Gasteiger charge is -2.36. The van der Waals surface area contributed by atoms with Crippen LogP contribution in [0.4, 0.5) is 0 Å². The monoisotopic (exact) mass is 430 g/mol. The molecule has 0 saturated heterocycles. The van der Waals surface area contributed by atoms with Crippen molar-refractivity contribution in [2.24, 2.45) is 0 Å². The van der Waals surface area contributed by atoms with Crippen LogP contribution in [0.1, 0.15) is 50.8 Å². The van der Waals surface area contributed by atoms with Gasteiger partial charge in [-0.1, -0.05) is 36.6 Å². The number of nitrogens with zero attached hydrogens (tertiary/aromatic N) is 1. The predicted molar refractivity (Wildman–Crippen MR) is 117 cm³/mol. The quantitative estimate of drug-likeness (QED) is 0.607. The number of carbonyl (C=O) groups is 2. The number of carbonyl (C=O) groups excluding carboxylic acids is 2. The molecule has 2 aromatic rings. The Hall–Kier alpha value is -2.25. The molecule has 162 valence electrons. The van der Waals surface area contributed by atoms with Crippen molar-refractivity contribution < 1.29 is 19.1 Å². The summed E-state index contributed by atoms with van der Waals surface area (Å²) in [4.78, 5) is 30.1. The van der Waals surface area contributed by atoms with Crippen molar-refractivity contribution in [2.75, 3.05) is 13.2 Å². The Bertz CT molecular complexity index is 874. The summed E-state index contributed by atoms with van der Waals surface area (Å²) in [5.74, 6) is -0.681. The van der Waals surface area contributed by atoms with Gasteiger partial charge in [-0.25, -0.2) is 9.78 Å². The average Bonchev–Trinajstić information content (AvgIpc) is 3.37. The summed E-state index contributed by atoms with van der Waals surface area (Å²) in [6.07, 6.45) is 3.52. The first-order chi connectivity index (χ1) is 14.5. The van der Waals surface area contributed by atoms with E-state index in [9.17, 15) is 9.59 Å². The number of ether oxygens (including phenoxy) is 2. The van der Waals surface area contributed by atoms with Crippen molar-refractivity contribution >= 4 is 23.2 Å². The predicted octanol–water partition coefficient (Wildman–Crippen LogP) is 4.06. The fourth-order valence-corrected chi connectivity index (χ4v) is 4.90. The lowest BCUT2D eigenvalue weighted by Crippen LogP contribution is -2.58. The van der Waals surface area contributed by atoms with E-state index in [1.807, 2.05) is 37.4 Å². The Labute approximate surface area is 182 Å². The molecule has 1 atom stereocenters. The Balaban J connectivity index is 1.72. The minimum Gasteiger partial charge on any atom is -0.464 e. The minimum absolute atomic E-state index is 0.112. The van der Waals surface area contributed by atoms with Gasteiger partial charge in [0.05, 0.1) is 24.3 Å². The largest absolute Gasteiger partial charge is 0.464 e. The number of hydrogen-bond donors (Lipinski definition) is 1. The third-order valence-electron chi connectivity index (χ3n) is 5.39. The topological polar surface area (TPSA) is 77.5 Å². The highest BCUT2D eigenvalue weighted by Gasteiger charge is 2.47. The lowest BCUT2D eigenvalue weighted by atomic mass is 9.91. The van der Waals surface area contributed by atoms with E-state index < -0.39 is 17.6 Å². The number of benzene rings is 1. The summed E-state index contributed by atoms with van der Waals surface area (Å²) >= 11 is 1.51. The summed E-state index contributed by atoms with van der Waals surface area (Å²) in [5, 5.41) is 5.67. The summed E-state index contributed by atoms with van der Waals surface area (Å²) in [6.45, 7) is 6.46. The van der Waals surface area contributed by atoms with Crippen molar-refractivity contribution in [3.05, 3.63) is 40.9 Å². The Morgan fingerprint density at radius 3 is 2.67 bits per heavy atom. The molecule has 0 bridgehead atoms. The SMILES string of the molecule is CCOC(=O)[C@@H](NC(=O)Cc1csc(-c2cccc(C)c2)n1)C1(OCC)CCCC1. The van der Waals surface area contributed by atoms with Crippen molar-refractivity contribution in [3.8, 4) is 10.6 Å². The van der Waals surface area contributed by atoms with Gasteiger partial charge < -0.3 is 14.8 Å². The fraction of sp³-hybridized carbons (Fsp3) is 0.522. The maximum Gasteiger partial charge on any atom is 0.331 e. The number of aromatic nitrogens is 1. The molecule has 1 aliphatic rings. The van der Waals surface area contributed by atoms with Crippen LogP contribution in [0, 0.1) is 6.92 Å². The van der Waals surface area contributed by atoms with Crippen LogP contribution in [-0.2, 0) is 25.5 Å². The van der Waals surface area contributed by atoms with Crippen molar-refractivity contribution in [2.45, 2.75) is 64.5 Å². The van der Waals surface area contributed by atoms with Crippen LogP contribution in [0.5, 0.6) is 0 Å². The van der Waals surface area contributed by atoms with Crippen molar-refractivity contribution in [1.82, 2.24) is 10.3 Å². The van der Waals surface area contributed by atoms with Gasteiger partial charge in [-0.2, -0.15) is 0 Å². The number of thiazole rings is 1. The van der Waals surface area contributed by atoms with Crippen LogP contribution in [0.15, 0.2) is 29.6 Å². The second-order valence-corrected chi connectivity index (χ2v) is 8.51. The maximum atomic E-state index is 12.8. The van der Waals surface area contributed by atoms with Crippen molar-refractivity contribution in [1.29, 1.82) is 0 Å². The van der Waals surface area contributed by atoms with E-state index in [4.69, 9.17) is 9.47 Å². The van der Waals surface area contributed by atoms with Crippen LogP contribution in [-0.4, -0.2) is 41.7 Å². The van der Waals surface area contributed by atoms with Crippen molar-refractivity contribution in [3.63, 3.8) is 0 Å². The van der Waals surface area contributed by atoms with Gasteiger partial charge in [-0.3, -0.25) is 4.79 Å². The molecule has 1 amide bonds. The lowest BCUT2D eigenvalue weighted by molar-refractivity contribution is -0.159. The zero-order valence-corrected chi connectivity index (χ0v) is 18.7. The van der Waals surface area contributed by atoms with Gasteiger partial charge in [0, 0.05) is 17.6 Å². The van der Waals surface area contributed by atoms with Crippen LogP contribution >= 0.6 is 11.3 Å². The molecule has 6 nitrogen and oxygen atoms in total. The Kier molecular flexibility index (Phi) is 7.61. The molecule has 1 aromatic carbocycles. The fourth-order valence-electron chi connectivity index (χ4n) is 4.08.